The van der Waals surface area contributed by atoms with Crippen molar-refractivity contribution in [2.75, 3.05) is 30.2 Å². The van der Waals surface area contributed by atoms with E-state index in [-0.39, 0.29) is 36.9 Å². The van der Waals surface area contributed by atoms with Gasteiger partial charge in [-0.15, -0.1) is 0 Å². The van der Waals surface area contributed by atoms with E-state index >= 15 is 0 Å². The van der Waals surface area contributed by atoms with Crippen molar-refractivity contribution >= 4 is 27.5 Å². The summed E-state index contributed by atoms with van der Waals surface area (Å²) < 4.78 is 52.6. The van der Waals surface area contributed by atoms with Crippen LogP contribution in [0, 0.1) is 11.6 Å². The number of anilines is 1. The van der Waals surface area contributed by atoms with Crippen molar-refractivity contribution in [3.63, 3.8) is 0 Å². The Morgan fingerprint density at radius 2 is 1.69 bits per heavy atom. The number of sulfonamides is 1. The fourth-order valence-electron chi connectivity index (χ4n) is 3.91. The van der Waals surface area contributed by atoms with E-state index in [2.05, 4.69) is 5.32 Å². The Kier molecular flexibility index (Phi) is 11.3. The minimum Gasteiger partial charge on any atom is -0.354 e. The third kappa shape index (κ3) is 8.58. The Morgan fingerprint density at radius 3 is 2.28 bits per heavy atom. The molecule has 1 N–H and O–H groups in total. The number of amides is 2. The summed E-state index contributed by atoms with van der Waals surface area (Å²) in [5, 5.41) is 2.86. The molecule has 2 amide bonds. The van der Waals surface area contributed by atoms with Crippen LogP contribution in [0.2, 0.25) is 0 Å². The molecule has 2 aromatic carbocycles. The number of hydrogen-bond acceptors (Lipinski definition) is 4. The lowest BCUT2D eigenvalue weighted by atomic mass is 10.1. The van der Waals surface area contributed by atoms with Crippen LogP contribution in [0.4, 0.5) is 14.5 Å². The molecule has 0 radical (unpaired) electrons. The Morgan fingerprint density at radius 1 is 1.00 bits per heavy atom. The lowest BCUT2D eigenvalue weighted by Crippen LogP contribution is -2.50. The van der Waals surface area contributed by atoms with Gasteiger partial charge in [0.15, 0.2) is 11.6 Å². The Labute approximate surface area is 212 Å². The van der Waals surface area contributed by atoms with Gasteiger partial charge in [-0.3, -0.25) is 13.9 Å². The number of carbonyl (C=O) groups excluding carboxylic acids is 2. The van der Waals surface area contributed by atoms with Crippen LogP contribution in [0.1, 0.15) is 45.1 Å². The van der Waals surface area contributed by atoms with Crippen molar-refractivity contribution in [1.82, 2.24) is 10.2 Å². The number of nitrogens with zero attached hydrogens (tertiary/aromatic N) is 2. The summed E-state index contributed by atoms with van der Waals surface area (Å²) in [6.45, 7) is 4.53. The van der Waals surface area contributed by atoms with E-state index in [9.17, 15) is 26.8 Å². The third-order valence-electron chi connectivity index (χ3n) is 5.76. The maximum absolute atomic E-state index is 13.7. The van der Waals surface area contributed by atoms with Gasteiger partial charge in [0, 0.05) is 32.1 Å². The highest BCUT2D eigenvalue weighted by Gasteiger charge is 2.28. The highest BCUT2D eigenvalue weighted by atomic mass is 32.2. The first kappa shape index (κ1) is 29.2. The van der Waals surface area contributed by atoms with Gasteiger partial charge in [0.05, 0.1) is 11.9 Å². The van der Waals surface area contributed by atoms with Crippen molar-refractivity contribution in [2.24, 2.45) is 0 Å². The average molecular weight is 524 g/mol. The predicted octanol–water partition coefficient (Wildman–Crippen LogP) is 3.89. The summed E-state index contributed by atoms with van der Waals surface area (Å²) in [6, 6.07) is 11.8. The Hall–Kier alpha value is -3.01. The summed E-state index contributed by atoms with van der Waals surface area (Å²) in [7, 11) is -3.80. The van der Waals surface area contributed by atoms with Crippen molar-refractivity contribution in [1.29, 1.82) is 0 Å². The second kappa shape index (κ2) is 13.9. The third-order valence-corrected chi connectivity index (χ3v) is 6.96. The van der Waals surface area contributed by atoms with E-state index in [1.54, 1.807) is 4.90 Å². The first-order valence-corrected chi connectivity index (χ1v) is 14.0. The highest BCUT2D eigenvalue weighted by molar-refractivity contribution is 7.92. The van der Waals surface area contributed by atoms with Gasteiger partial charge < -0.3 is 10.2 Å². The maximum atomic E-state index is 13.7. The van der Waals surface area contributed by atoms with Crippen molar-refractivity contribution in [2.45, 2.75) is 52.0 Å². The van der Waals surface area contributed by atoms with E-state index in [1.165, 1.54) is 6.07 Å². The van der Waals surface area contributed by atoms with Gasteiger partial charge in [0.2, 0.25) is 21.8 Å². The molecular weight excluding hydrogens is 488 g/mol. The van der Waals surface area contributed by atoms with Gasteiger partial charge in [-0.05, 0) is 43.4 Å². The lowest BCUT2D eigenvalue weighted by Gasteiger charge is -2.31. The van der Waals surface area contributed by atoms with Crippen LogP contribution in [0.15, 0.2) is 48.5 Å². The number of nitrogens with one attached hydrogen (secondary N) is 1. The summed E-state index contributed by atoms with van der Waals surface area (Å²) >= 11 is 0. The lowest BCUT2D eigenvalue weighted by molar-refractivity contribution is -0.140. The molecule has 0 aliphatic carbocycles. The number of benzene rings is 2. The van der Waals surface area contributed by atoms with Gasteiger partial charge in [-0.1, -0.05) is 44.2 Å². The Balaban J connectivity index is 2.15. The van der Waals surface area contributed by atoms with E-state index in [1.807, 2.05) is 44.2 Å². The standard InChI is InChI=1S/C26H35F2N3O4S/c1-4-16-29-26(33)24(5-2)30(18-15-20-10-7-6-8-11-20)25(32)12-9-17-31(36(3,34)35)21-13-14-22(27)23(28)19-21/h6-8,10-11,13-14,19,24H,4-5,9,12,15-18H2,1-3H3,(H,29,33)/t24-/m1/s1. The molecule has 10 heteroatoms. The fraction of sp³-hybridized carbons (Fsp3) is 0.462. The normalized spacial score (nSPS) is 12.1. The SMILES string of the molecule is CCCNC(=O)[C@@H](CC)N(CCc1ccccc1)C(=O)CCCN(c1ccc(F)c(F)c1)S(C)(=O)=O. The van der Waals surface area contributed by atoms with Crippen LogP contribution in [0.5, 0.6) is 0 Å². The largest absolute Gasteiger partial charge is 0.354 e. The van der Waals surface area contributed by atoms with Crippen LogP contribution < -0.4 is 9.62 Å². The molecule has 198 valence electrons. The minimum atomic E-state index is -3.80. The summed E-state index contributed by atoms with van der Waals surface area (Å²) in [5.41, 5.74) is 1.01. The van der Waals surface area contributed by atoms with E-state index in [4.69, 9.17) is 0 Å². The molecule has 7 nitrogen and oxygen atoms in total. The van der Waals surface area contributed by atoms with Crippen LogP contribution in [0.25, 0.3) is 0 Å². The van der Waals surface area contributed by atoms with E-state index in [0.717, 1.165) is 34.7 Å². The fourth-order valence-corrected chi connectivity index (χ4v) is 4.86. The van der Waals surface area contributed by atoms with Crippen LogP contribution in [-0.4, -0.2) is 57.1 Å². The van der Waals surface area contributed by atoms with Gasteiger partial charge in [-0.25, -0.2) is 17.2 Å². The summed E-state index contributed by atoms with van der Waals surface area (Å²) in [5.74, 6) is -2.74. The van der Waals surface area contributed by atoms with Gasteiger partial charge in [-0.2, -0.15) is 0 Å². The molecular formula is C26H35F2N3O4S. The topological polar surface area (TPSA) is 86.8 Å². The Bertz CT molecular complexity index is 1110. The van der Waals surface area contributed by atoms with Crippen molar-refractivity contribution in [3.8, 4) is 0 Å². The molecule has 0 aliphatic rings. The molecule has 0 fully saturated rings. The van der Waals surface area contributed by atoms with Crippen LogP contribution in [-0.2, 0) is 26.0 Å². The van der Waals surface area contributed by atoms with Crippen molar-refractivity contribution < 1.29 is 26.8 Å². The molecule has 36 heavy (non-hydrogen) atoms. The molecule has 0 unspecified atom stereocenters. The second-order valence-corrected chi connectivity index (χ2v) is 10.5. The molecule has 0 spiro atoms. The predicted molar refractivity (Wildman–Crippen MR) is 137 cm³/mol. The van der Waals surface area contributed by atoms with E-state index < -0.39 is 27.7 Å². The first-order valence-electron chi connectivity index (χ1n) is 12.1. The van der Waals surface area contributed by atoms with E-state index in [0.29, 0.717) is 25.9 Å². The smallest absolute Gasteiger partial charge is 0.242 e. The number of halogens is 2. The summed E-state index contributed by atoms with van der Waals surface area (Å²) in [6.07, 6.45) is 2.86. The second-order valence-electron chi connectivity index (χ2n) is 8.57. The zero-order chi connectivity index (χ0) is 26.7. The van der Waals surface area contributed by atoms with Crippen LogP contribution in [0.3, 0.4) is 0 Å². The monoisotopic (exact) mass is 523 g/mol. The average Bonchev–Trinajstić information content (AvgIpc) is 2.84. The molecule has 0 saturated carbocycles. The minimum absolute atomic E-state index is 0.0119. The molecule has 1 atom stereocenters. The van der Waals surface area contributed by atoms with Crippen LogP contribution >= 0.6 is 0 Å². The quantitative estimate of drug-likeness (QED) is 0.407. The molecule has 0 saturated heterocycles. The summed E-state index contributed by atoms with van der Waals surface area (Å²) in [4.78, 5) is 27.6. The molecule has 2 rings (SSSR count). The van der Waals surface area contributed by atoms with Gasteiger partial charge in [0.25, 0.3) is 0 Å². The zero-order valence-corrected chi connectivity index (χ0v) is 21.9. The van der Waals surface area contributed by atoms with Crippen molar-refractivity contribution in [3.05, 3.63) is 65.7 Å². The van der Waals surface area contributed by atoms with Gasteiger partial charge in [0.1, 0.15) is 6.04 Å². The number of hydrogen-bond donors (Lipinski definition) is 1. The zero-order valence-electron chi connectivity index (χ0n) is 21.0. The molecule has 0 aliphatic heterocycles. The molecule has 0 aromatic heterocycles. The number of carbonyl (C=O) groups is 2. The molecule has 0 bridgehead atoms. The van der Waals surface area contributed by atoms with Gasteiger partial charge >= 0.3 is 0 Å². The highest BCUT2D eigenvalue weighted by Crippen LogP contribution is 2.21. The maximum Gasteiger partial charge on any atom is 0.242 e. The first-order chi connectivity index (χ1) is 17.1. The molecule has 0 heterocycles. The number of rotatable bonds is 14. The molecule has 2 aromatic rings.